The van der Waals surface area contributed by atoms with Crippen LogP contribution in [-0.4, -0.2) is 53.7 Å². The molecule has 3 aromatic carbocycles. The van der Waals surface area contributed by atoms with Crippen molar-refractivity contribution >= 4 is 29.1 Å². The molecule has 0 radical (unpaired) electrons. The van der Waals surface area contributed by atoms with Crippen molar-refractivity contribution in [2.24, 2.45) is 5.92 Å². The van der Waals surface area contributed by atoms with Gasteiger partial charge in [0.05, 0.1) is 19.6 Å². The molecule has 3 aromatic rings. The van der Waals surface area contributed by atoms with E-state index in [0.717, 1.165) is 58.6 Å². The van der Waals surface area contributed by atoms with Crippen LogP contribution in [0.4, 0.5) is 8.78 Å². The lowest BCUT2D eigenvalue weighted by Crippen LogP contribution is -2.54. The van der Waals surface area contributed by atoms with Gasteiger partial charge in [-0.3, -0.25) is 9.59 Å². The van der Waals surface area contributed by atoms with E-state index < -0.39 is 23.5 Å². The minimum Gasteiger partial charge on any atom is -0.496 e. The molecule has 1 amide bonds. The summed E-state index contributed by atoms with van der Waals surface area (Å²) in [5.41, 5.74) is 5.63. The van der Waals surface area contributed by atoms with Gasteiger partial charge in [0.15, 0.2) is 11.6 Å². The van der Waals surface area contributed by atoms with Crippen LogP contribution in [0.3, 0.4) is 0 Å². The summed E-state index contributed by atoms with van der Waals surface area (Å²) in [6.07, 6.45) is 4.51. The Morgan fingerprint density at radius 3 is 2.49 bits per heavy atom. The fourth-order valence-electron chi connectivity index (χ4n) is 6.92. The number of ether oxygens (including phenoxy) is 2. The quantitative estimate of drug-likeness (QED) is 0.158. The summed E-state index contributed by atoms with van der Waals surface area (Å²) in [5, 5.41) is 13.1. The van der Waals surface area contributed by atoms with Crippen LogP contribution in [0.25, 0.3) is 5.57 Å². The molecule has 1 saturated carbocycles. The normalized spacial score (nSPS) is 20.6. The second-order valence-electron chi connectivity index (χ2n) is 12.7. The van der Waals surface area contributed by atoms with Gasteiger partial charge in [-0.15, -0.1) is 0 Å². The molecule has 2 bridgehead atoms. The second-order valence-corrected chi connectivity index (χ2v) is 13.1. The van der Waals surface area contributed by atoms with Gasteiger partial charge in [-0.25, -0.2) is 8.78 Å². The van der Waals surface area contributed by atoms with Crippen molar-refractivity contribution in [3.05, 3.63) is 99.1 Å². The molecule has 2 fully saturated rings. The number of carbonyl (C=O) groups excluding carboxylic acids is 1. The molecular formula is C37H39ClF2N2O5. The Labute approximate surface area is 278 Å². The predicted octanol–water partition coefficient (Wildman–Crippen LogP) is 7.12. The van der Waals surface area contributed by atoms with Crippen molar-refractivity contribution in [2.75, 3.05) is 13.7 Å². The molecule has 0 spiro atoms. The molecule has 1 saturated heterocycles. The first kappa shape index (κ1) is 33.0. The summed E-state index contributed by atoms with van der Waals surface area (Å²) < 4.78 is 38.8. The van der Waals surface area contributed by atoms with Gasteiger partial charge in [-0.1, -0.05) is 48.0 Å². The molecule has 3 atom stereocenters. The highest BCUT2D eigenvalue weighted by Crippen LogP contribution is 2.41. The molecule has 3 aliphatic rings. The van der Waals surface area contributed by atoms with E-state index in [1.54, 1.807) is 7.11 Å². The van der Waals surface area contributed by atoms with Gasteiger partial charge in [0.2, 0.25) is 0 Å². The zero-order valence-electron chi connectivity index (χ0n) is 26.5. The third kappa shape index (κ3) is 7.16. The summed E-state index contributed by atoms with van der Waals surface area (Å²) in [5.74, 6) is -2.32. The average Bonchev–Trinajstić information content (AvgIpc) is 3.91. The zero-order valence-corrected chi connectivity index (χ0v) is 27.3. The highest BCUT2D eigenvalue weighted by Gasteiger charge is 2.44. The van der Waals surface area contributed by atoms with Crippen LogP contribution in [-0.2, 0) is 22.6 Å². The monoisotopic (exact) mass is 664 g/mol. The van der Waals surface area contributed by atoms with Crippen LogP contribution in [0, 0.1) is 24.5 Å². The van der Waals surface area contributed by atoms with Crippen LogP contribution in [0.2, 0.25) is 5.02 Å². The van der Waals surface area contributed by atoms with Crippen molar-refractivity contribution < 1.29 is 33.0 Å². The fraction of sp³-hybridized carbons (Fsp3) is 0.405. The minimum atomic E-state index is -0.821. The Hall–Kier alpha value is -3.95. The van der Waals surface area contributed by atoms with Gasteiger partial charge in [-0.05, 0) is 97.9 Å². The van der Waals surface area contributed by atoms with E-state index in [4.69, 9.17) is 21.1 Å². The number of fused-ring (bicyclic) bond motifs is 2. The van der Waals surface area contributed by atoms with Crippen LogP contribution in [0.1, 0.15) is 60.8 Å². The van der Waals surface area contributed by atoms with E-state index in [1.165, 1.54) is 0 Å². The predicted molar refractivity (Wildman–Crippen MR) is 176 cm³/mol. The number of benzene rings is 3. The largest absolute Gasteiger partial charge is 0.496 e. The Bertz CT molecular complexity index is 1690. The first-order chi connectivity index (χ1) is 22.6. The van der Waals surface area contributed by atoms with E-state index in [0.29, 0.717) is 44.2 Å². The lowest BCUT2D eigenvalue weighted by Gasteiger charge is -2.42. The van der Waals surface area contributed by atoms with E-state index in [-0.39, 0.29) is 41.4 Å². The molecule has 6 rings (SSSR count). The number of nitrogens with one attached hydrogen (secondary N) is 1. The first-order valence-electron chi connectivity index (χ1n) is 16.2. The number of amides is 1. The number of hydrogen-bond acceptors (Lipinski definition) is 5. The lowest BCUT2D eigenvalue weighted by molar-refractivity contribution is -0.143. The molecule has 2 N–H and O–H groups in total. The summed E-state index contributed by atoms with van der Waals surface area (Å²) >= 11 is 5.87. The Kier molecular flexibility index (Phi) is 9.85. The molecule has 2 heterocycles. The number of piperidine rings is 1. The van der Waals surface area contributed by atoms with Gasteiger partial charge in [0.25, 0.3) is 5.91 Å². The number of rotatable bonds is 12. The fourth-order valence-corrected chi connectivity index (χ4v) is 7.12. The summed E-state index contributed by atoms with van der Waals surface area (Å²) in [7, 11) is 1.64. The van der Waals surface area contributed by atoms with Crippen LogP contribution >= 0.6 is 11.6 Å². The molecule has 47 heavy (non-hydrogen) atoms. The number of halogens is 3. The smallest absolute Gasteiger partial charge is 0.306 e. The van der Waals surface area contributed by atoms with Gasteiger partial charge >= 0.3 is 5.97 Å². The Morgan fingerprint density at radius 1 is 1.04 bits per heavy atom. The maximum atomic E-state index is 14.6. The zero-order chi connectivity index (χ0) is 33.2. The average molecular weight is 665 g/mol. The number of aliphatic carboxylic acids is 1. The van der Waals surface area contributed by atoms with Crippen molar-refractivity contribution in [1.82, 2.24) is 10.2 Å². The standard InChI is InChI=1S/C37H39ClF2N2O5/c1-21-24(6-3-7-32(21)46-2)20-42(27-12-13-27)36(43)33-28(19-26-17-25(37(44)45)18-31(33)41-26)23-10-8-22(9-11-23)5-4-16-47-35-30(40)15-14-29(39)34(35)38/h3,6-11,14-15,25-27,31,41H,4-5,12-13,16-20H2,1-2H3,(H,44,45)/t25?,26?,31-/m0/s1. The highest BCUT2D eigenvalue weighted by atomic mass is 35.5. The minimum absolute atomic E-state index is 0.0386. The summed E-state index contributed by atoms with van der Waals surface area (Å²) in [6, 6.07) is 15.6. The number of carbonyl (C=O) groups is 2. The molecule has 1 aliphatic carbocycles. The molecule has 2 unspecified atom stereocenters. The van der Waals surface area contributed by atoms with Crippen molar-refractivity contribution in [3.63, 3.8) is 0 Å². The highest BCUT2D eigenvalue weighted by molar-refractivity contribution is 6.32. The molecular weight excluding hydrogens is 626 g/mol. The number of methoxy groups -OCH3 is 1. The van der Waals surface area contributed by atoms with E-state index >= 15 is 0 Å². The summed E-state index contributed by atoms with van der Waals surface area (Å²) in [4.78, 5) is 28.7. The molecule has 7 nitrogen and oxygen atoms in total. The van der Waals surface area contributed by atoms with E-state index in [9.17, 15) is 23.5 Å². The Balaban J connectivity index is 1.24. The van der Waals surface area contributed by atoms with Gasteiger partial charge in [0, 0.05) is 30.2 Å². The molecule has 248 valence electrons. The van der Waals surface area contributed by atoms with Gasteiger partial charge < -0.3 is 24.8 Å². The van der Waals surface area contributed by atoms with Crippen molar-refractivity contribution in [1.29, 1.82) is 0 Å². The number of hydrogen-bond donors (Lipinski definition) is 2. The van der Waals surface area contributed by atoms with Crippen LogP contribution < -0.4 is 14.8 Å². The van der Waals surface area contributed by atoms with Crippen molar-refractivity contribution in [3.8, 4) is 11.5 Å². The third-order valence-electron chi connectivity index (χ3n) is 9.60. The number of aryl methyl sites for hydroxylation is 1. The first-order valence-corrected chi connectivity index (χ1v) is 16.5. The third-order valence-corrected chi connectivity index (χ3v) is 9.95. The number of nitrogens with zero attached hydrogens (tertiary/aromatic N) is 1. The molecule has 2 aliphatic heterocycles. The topological polar surface area (TPSA) is 88.1 Å². The lowest BCUT2D eigenvalue weighted by atomic mass is 9.75. The maximum Gasteiger partial charge on any atom is 0.306 e. The number of carboxylic acids is 1. The summed E-state index contributed by atoms with van der Waals surface area (Å²) in [6.45, 7) is 2.62. The second kappa shape index (κ2) is 14.0. The maximum absolute atomic E-state index is 14.6. The van der Waals surface area contributed by atoms with Gasteiger partial charge in [0.1, 0.15) is 16.6 Å². The van der Waals surface area contributed by atoms with Crippen LogP contribution in [0.5, 0.6) is 11.5 Å². The molecule has 0 aromatic heterocycles. The Morgan fingerprint density at radius 2 is 1.79 bits per heavy atom. The number of carboxylic acid groups (broad SMARTS) is 1. The van der Waals surface area contributed by atoms with Crippen molar-refractivity contribution in [2.45, 2.75) is 76.5 Å². The van der Waals surface area contributed by atoms with E-state index in [1.807, 2.05) is 54.3 Å². The molecule has 10 heteroatoms. The van der Waals surface area contributed by atoms with Gasteiger partial charge in [-0.2, -0.15) is 0 Å². The van der Waals surface area contributed by atoms with Crippen LogP contribution in [0.15, 0.2) is 60.2 Å². The SMILES string of the molecule is COc1cccc(CN(C(=O)C2=C(c3ccc(CCCOc4c(F)ccc(F)c4Cl)cc3)CC3CC(C(=O)O)C[C@@H]2N3)C2CC2)c1C. The van der Waals surface area contributed by atoms with E-state index in [2.05, 4.69) is 5.32 Å².